The zero-order valence-electron chi connectivity index (χ0n) is 15.3. The van der Waals surface area contributed by atoms with E-state index in [2.05, 4.69) is 15.6 Å². The molecule has 0 saturated carbocycles. The van der Waals surface area contributed by atoms with Crippen molar-refractivity contribution in [3.63, 3.8) is 0 Å². The van der Waals surface area contributed by atoms with Crippen LogP contribution in [0, 0.1) is 0 Å². The van der Waals surface area contributed by atoms with Gasteiger partial charge < -0.3 is 15.5 Å². The second kappa shape index (κ2) is 8.28. The molecule has 29 heavy (non-hydrogen) atoms. The molecular weight excluding hydrogens is 409 g/mol. The molecule has 1 aromatic heterocycles. The van der Waals surface area contributed by atoms with Gasteiger partial charge in [-0.15, -0.1) is 0 Å². The molecule has 1 fully saturated rings. The highest BCUT2D eigenvalue weighted by Crippen LogP contribution is 2.30. The fraction of sp³-hybridized carbons (Fsp3) is 0.316. The van der Waals surface area contributed by atoms with E-state index in [1.54, 1.807) is 31.2 Å². The Morgan fingerprint density at radius 2 is 1.97 bits per heavy atom. The van der Waals surface area contributed by atoms with Gasteiger partial charge in [-0.3, -0.25) is 4.79 Å². The van der Waals surface area contributed by atoms with E-state index in [9.17, 15) is 22.8 Å². The van der Waals surface area contributed by atoms with Crippen molar-refractivity contribution in [2.24, 2.45) is 0 Å². The van der Waals surface area contributed by atoms with E-state index >= 15 is 0 Å². The Hall–Kier alpha value is -2.81. The molecule has 0 bridgehead atoms. The quantitative estimate of drug-likeness (QED) is 0.790. The number of benzene rings is 1. The Kier molecular flexibility index (Phi) is 5.97. The van der Waals surface area contributed by atoms with Crippen LogP contribution in [0.5, 0.6) is 0 Å². The molecule has 1 aliphatic heterocycles. The number of carbonyl (C=O) groups excluding carboxylic acids is 2. The van der Waals surface area contributed by atoms with Crippen molar-refractivity contribution in [3.05, 3.63) is 64.4 Å². The molecule has 1 saturated heterocycles. The van der Waals surface area contributed by atoms with Crippen LogP contribution in [0.4, 0.5) is 18.0 Å². The molecule has 6 nitrogen and oxygen atoms in total. The number of pyridine rings is 1. The number of halogens is 4. The Morgan fingerprint density at radius 3 is 2.62 bits per heavy atom. The lowest BCUT2D eigenvalue weighted by Crippen LogP contribution is -2.58. The highest BCUT2D eigenvalue weighted by Gasteiger charge is 2.34. The molecule has 0 unspecified atom stereocenters. The van der Waals surface area contributed by atoms with Crippen molar-refractivity contribution in [1.82, 2.24) is 20.5 Å². The van der Waals surface area contributed by atoms with Crippen molar-refractivity contribution in [2.45, 2.75) is 25.2 Å². The van der Waals surface area contributed by atoms with Gasteiger partial charge in [-0.2, -0.15) is 13.2 Å². The molecule has 1 aliphatic rings. The highest BCUT2D eigenvalue weighted by atomic mass is 35.5. The lowest BCUT2D eigenvalue weighted by atomic mass is 10.0. The summed E-state index contributed by atoms with van der Waals surface area (Å²) in [6.07, 6.45) is -4.62. The number of rotatable bonds is 3. The second-order valence-electron chi connectivity index (χ2n) is 6.54. The van der Waals surface area contributed by atoms with Gasteiger partial charge in [0.25, 0.3) is 0 Å². The van der Waals surface area contributed by atoms with Crippen LogP contribution in [0.3, 0.4) is 0 Å². The molecule has 3 amide bonds. The van der Waals surface area contributed by atoms with E-state index < -0.39 is 30.0 Å². The van der Waals surface area contributed by atoms with E-state index in [0.29, 0.717) is 17.1 Å². The predicted octanol–water partition coefficient (Wildman–Crippen LogP) is 3.37. The average molecular weight is 427 g/mol. The molecule has 2 heterocycles. The van der Waals surface area contributed by atoms with Gasteiger partial charge in [0.15, 0.2) is 0 Å². The minimum atomic E-state index is -4.62. The molecule has 1 aromatic carbocycles. The number of piperazine rings is 1. The monoisotopic (exact) mass is 426 g/mol. The van der Waals surface area contributed by atoms with E-state index in [4.69, 9.17) is 11.6 Å². The van der Waals surface area contributed by atoms with E-state index in [-0.39, 0.29) is 18.1 Å². The molecule has 2 atom stereocenters. The first-order valence-corrected chi connectivity index (χ1v) is 9.19. The van der Waals surface area contributed by atoms with Crippen LogP contribution >= 0.6 is 11.6 Å². The normalized spacial score (nSPS) is 18.2. The molecular formula is C19H18ClF3N4O2. The van der Waals surface area contributed by atoms with Crippen molar-refractivity contribution in [3.8, 4) is 0 Å². The van der Waals surface area contributed by atoms with Crippen LogP contribution in [-0.4, -0.2) is 41.0 Å². The molecule has 3 rings (SSSR count). The fourth-order valence-electron chi connectivity index (χ4n) is 3.02. The molecule has 2 N–H and O–H groups in total. The molecule has 0 radical (unpaired) electrons. The van der Waals surface area contributed by atoms with Crippen molar-refractivity contribution >= 4 is 23.5 Å². The molecule has 10 heteroatoms. The highest BCUT2D eigenvalue weighted by molar-refractivity contribution is 6.30. The Labute approximate surface area is 170 Å². The average Bonchev–Trinajstić information content (AvgIpc) is 2.68. The van der Waals surface area contributed by atoms with Crippen LogP contribution in [0.25, 0.3) is 0 Å². The van der Waals surface area contributed by atoms with Crippen molar-refractivity contribution < 1.29 is 22.8 Å². The number of nitrogens with one attached hydrogen (secondary N) is 2. The number of urea groups is 1. The largest absolute Gasteiger partial charge is 0.433 e. The summed E-state index contributed by atoms with van der Waals surface area (Å²) in [5.41, 5.74) is -0.540. The number of alkyl halides is 3. The summed E-state index contributed by atoms with van der Waals surface area (Å²) in [4.78, 5) is 29.7. The lowest BCUT2D eigenvalue weighted by molar-refractivity contribution is -0.141. The fourth-order valence-corrected chi connectivity index (χ4v) is 3.15. The summed E-state index contributed by atoms with van der Waals surface area (Å²) in [5.74, 6) is -0.299. The van der Waals surface area contributed by atoms with Crippen molar-refractivity contribution in [2.75, 3.05) is 13.1 Å². The summed E-state index contributed by atoms with van der Waals surface area (Å²) in [6, 6.07) is 7.60. The van der Waals surface area contributed by atoms with Gasteiger partial charge in [-0.1, -0.05) is 29.8 Å². The number of aromatic nitrogens is 1. The zero-order chi connectivity index (χ0) is 21.2. The minimum absolute atomic E-state index is 0.0182. The third kappa shape index (κ3) is 4.79. The summed E-state index contributed by atoms with van der Waals surface area (Å²) in [5, 5.41) is 5.80. The second-order valence-corrected chi connectivity index (χ2v) is 6.98. The number of amides is 3. The van der Waals surface area contributed by atoms with Gasteiger partial charge in [-0.05, 0) is 36.8 Å². The first-order chi connectivity index (χ1) is 13.7. The molecule has 0 spiro atoms. The Balaban J connectivity index is 1.95. The maximum absolute atomic E-state index is 13.1. The van der Waals surface area contributed by atoms with Crippen molar-refractivity contribution in [1.29, 1.82) is 0 Å². The van der Waals surface area contributed by atoms with Gasteiger partial charge in [0.2, 0.25) is 5.91 Å². The van der Waals surface area contributed by atoms with Crippen LogP contribution in [0.15, 0.2) is 42.5 Å². The van der Waals surface area contributed by atoms with E-state index in [0.717, 1.165) is 6.07 Å². The van der Waals surface area contributed by atoms with E-state index in [1.165, 1.54) is 17.0 Å². The van der Waals surface area contributed by atoms with Crippen LogP contribution in [0.2, 0.25) is 5.02 Å². The maximum Gasteiger partial charge on any atom is 0.433 e. The van der Waals surface area contributed by atoms with Crippen LogP contribution in [0.1, 0.15) is 29.9 Å². The van der Waals surface area contributed by atoms with Gasteiger partial charge >= 0.3 is 12.2 Å². The number of nitrogens with zero attached hydrogens (tertiary/aromatic N) is 2. The van der Waals surface area contributed by atoms with Crippen LogP contribution in [-0.2, 0) is 11.0 Å². The molecule has 154 valence electrons. The van der Waals surface area contributed by atoms with Gasteiger partial charge in [0.1, 0.15) is 11.7 Å². The lowest BCUT2D eigenvalue weighted by Gasteiger charge is -2.34. The Bertz CT molecular complexity index is 905. The minimum Gasteiger partial charge on any atom is -0.353 e. The number of hydrogen-bond acceptors (Lipinski definition) is 3. The first-order valence-electron chi connectivity index (χ1n) is 8.81. The predicted molar refractivity (Wildman–Crippen MR) is 100 cm³/mol. The third-order valence-electron chi connectivity index (χ3n) is 4.59. The molecule has 2 aromatic rings. The maximum atomic E-state index is 13.1. The number of carbonyl (C=O) groups is 2. The SMILES string of the molecule is C[C@@H]1C(=O)NCCN1C(=O)N[C@H](c1ccc(Cl)cc1)c1cccc(C(F)(F)F)n1. The van der Waals surface area contributed by atoms with Gasteiger partial charge in [0, 0.05) is 18.1 Å². The summed E-state index contributed by atoms with van der Waals surface area (Å²) in [6.45, 7) is 2.15. The summed E-state index contributed by atoms with van der Waals surface area (Å²) in [7, 11) is 0. The summed E-state index contributed by atoms with van der Waals surface area (Å²) < 4.78 is 39.3. The first kappa shape index (κ1) is 20.9. The standard InChI is InChI=1S/C19H18ClF3N4O2/c1-11-17(28)24-9-10-27(11)18(29)26-16(12-5-7-13(20)8-6-12)14-3-2-4-15(25-14)19(21,22)23/h2-8,11,16H,9-10H2,1H3,(H,24,28)(H,26,29)/t11-,16-/m1/s1. The smallest absolute Gasteiger partial charge is 0.353 e. The van der Waals surface area contributed by atoms with E-state index in [1.807, 2.05) is 0 Å². The molecule has 0 aliphatic carbocycles. The number of hydrogen-bond donors (Lipinski definition) is 2. The topological polar surface area (TPSA) is 74.3 Å². The van der Waals surface area contributed by atoms with Gasteiger partial charge in [0.05, 0.1) is 11.7 Å². The van der Waals surface area contributed by atoms with Crippen LogP contribution < -0.4 is 10.6 Å². The third-order valence-corrected chi connectivity index (χ3v) is 4.84. The summed E-state index contributed by atoms with van der Waals surface area (Å²) >= 11 is 5.91. The zero-order valence-corrected chi connectivity index (χ0v) is 16.1. The van der Waals surface area contributed by atoms with Gasteiger partial charge in [-0.25, -0.2) is 9.78 Å². The Morgan fingerprint density at radius 1 is 1.28 bits per heavy atom.